The lowest BCUT2D eigenvalue weighted by molar-refractivity contribution is 0.0258. The molecular formula is C20H25N3O3. The van der Waals surface area contributed by atoms with E-state index in [1.807, 2.05) is 57.2 Å². The minimum absolute atomic E-state index is 0.246. The first-order valence-corrected chi connectivity index (χ1v) is 8.97. The molecule has 0 saturated carbocycles. The summed E-state index contributed by atoms with van der Waals surface area (Å²) >= 11 is 0. The molecule has 2 heterocycles. The Bertz CT molecular complexity index is 775. The van der Waals surface area contributed by atoms with Crippen LogP contribution in [0.15, 0.2) is 40.4 Å². The van der Waals surface area contributed by atoms with Crippen LogP contribution in [0, 0.1) is 0 Å². The van der Waals surface area contributed by atoms with E-state index in [4.69, 9.17) is 9.26 Å². The van der Waals surface area contributed by atoms with Gasteiger partial charge >= 0.3 is 6.09 Å². The lowest BCUT2D eigenvalue weighted by atomic mass is 10.1. The lowest BCUT2D eigenvalue weighted by Crippen LogP contribution is -2.37. The SMILES string of the molecule is CC(C)(C)OC(=O)N1CCC/C(=C\c2noc(-c3ccccc3)n2)CC1. The third-order valence-corrected chi connectivity index (χ3v) is 4.08. The van der Waals surface area contributed by atoms with Gasteiger partial charge in [-0.15, -0.1) is 0 Å². The molecule has 1 aromatic heterocycles. The van der Waals surface area contributed by atoms with E-state index in [9.17, 15) is 4.79 Å². The number of carbonyl (C=O) groups excluding carboxylic acids is 1. The number of likely N-dealkylation sites (tertiary alicyclic amines) is 1. The van der Waals surface area contributed by atoms with Gasteiger partial charge in [-0.3, -0.25) is 0 Å². The Morgan fingerprint density at radius 3 is 2.69 bits per heavy atom. The summed E-state index contributed by atoms with van der Waals surface area (Å²) in [5.74, 6) is 1.09. The molecular weight excluding hydrogens is 330 g/mol. The van der Waals surface area contributed by atoms with E-state index in [1.54, 1.807) is 4.90 Å². The molecule has 1 aliphatic heterocycles. The number of ether oxygens (including phenoxy) is 1. The molecule has 1 saturated heterocycles. The van der Waals surface area contributed by atoms with Crippen LogP contribution < -0.4 is 0 Å². The van der Waals surface area contributed by atoms with E-state index >= 15 is 0 Å². The number of nitrogens with zero attached hydrogens (tertiary/aromatic N) is 3. The van der Waals surface area contributed by atoms with Crippen LogP contribution in [-0.4, -0.2) is 39.8 Å². The Kier molecular flexibility index (Phi) is 5.40. The van der Waals surface area contributed by atoms with Crippen LogP contribution in [0.3, 0.4) is 0 Å². The van der Waals surface area contributed by atoms with E-state index in [1.165, 1.54) is 5.57 Å². The first kappa shape index (κ1) is 18.2. The number of aromatic nitrogens is 2. The second-order valence-electron chi connectivity index (χ2n) is 7.45. The summed E-state index contributed by atoms with van der Waals surface area (Å²) in [5, 5.41) is 4.05. The zero-order chi connectivity index (χ0) is 18.6. The third kappa shape index (κ3) is 4.94. The Balaban J connectivity index is 1.64. The first-order valence-electron chi connectivity index (χ1n) is 8.97. The smallest absolute Gasteiger partial charge is 0.410 e. The molecule has 0 bridgehead atoms. The molecule has 0 N–H and O–H groups in total. The first-order chi connectivity index (χ1) is 12.4. The number of amides is 1. The zero-order valence-corrected chi connectivity index (χ0v) is 15.6. The van der Waals surface area contributed by atoms with Crippen molar-refractivity contribution >= 4 is 12.2 Å². The molecule has 6 heteroatoms. The topological polar surface area (TPSA) is 68.5 Å². The normalized spacial score (nSPS) is 17.2. The van der Waals surface area contributed by atoms with Crippen LogP contribution in [-0.2, 0) is 4.74 Å². The van der Waals surface area contributed by atoms with Crippen molar-refractivity contribution in [1.82, 2.24) is 15.0 Å². The maximum absolute atomic E-state index is 12.2. The van der Waals surface area contributed by atoms with Crippen LogP contribution in [0.5, 0.6) is 0 Å². The summed E-state index contributed by atoms with van der Waals surface area (Å²) in [6.45, 7) is 7.00. The second kappa shape index (κ2) is 7.72. The average molecular weight is 355 g/mol. The van der Waals surface area contributed by atoms with Gasteiger partial charge in [0, 0.05) is 18.7 Å². The van der Waals surface area contributed by atoms with E-state index in [-0.39, 0.29) is 6.09 Å². The molecule has 0 unspecified atom stereocenters. The number of rotatable bonds is 2. The molecule has 0 spiro atoms. The molecule has 138 valence electrons. The molecule has 0 aliphatic carbocycles. The summed E-state index contributed by atoms with van der Waals surface area (Å²) in [6.07, 6.45) is 4.32. The standard InChI is InChI=1S/C20H25N3O3/c1-20(2,3)25-19(24)23-12-7-8-15(11-13-23)14-17-21-18(26-22-17)16-9-5-4-6-10-16/h4-6,9-10,14H,7-8,11-13H2,1-3H3/b15-14+. The highest BCUT2D eigenvalue weighted by Gasteiger charge is 2.23. The molecule has 0 atom stereocenters. The molecule has 26 heavy (non-hydrogen) atoms. The van der Waals surface area contributed by atoms with E-state index < -0.39 is 5.60 Å². The highest BCUT2D eigenvalue weighted by atomic mass is 16.6. The van der Waals surface area contributed by atoms with Crippen molar-refractivity contribution in [3.63, 3.8) is 0 Å². The lowest BCUT2D eigenvalue weighted by Gasteiger charge is -2.26. The molecule has 0 radical (unpaired) electrons. The van der Waals surface area contributed by atoms with Gasteiger partial charge in [-0.25, -0.2) is 4.79 Å². The predicted molar refractivity (Wildman–Crippen MR) is 99.4 cm³/mol. The Morgan fingerprint density at radius 1 is 1.19 bits per heavy atom. The molecule has 1 aliphatic rings. The minimum Gasteiger partial charge on any atom is -0.444 e. The van der Waals surface area contributed by atoms with Gasteiger partial charge in [0.2, 0.25) is 0 Å². The van der Waals surface area contributed by atoms with E-state index in [2.05, 4.69) is 10.1 Å². The van der Waals surface area contributed by atoms with Gasteiger partial charge in [0.1, 0.15) is 5.60 Å². The Labute approximate surface area is 153 Å². The summed E-state index contributed by atoms with van der Waals surface area (Å²) in [4.78, 5) is 18.5. The van der Waals surface area contributed by atoms with Crippen molar-refractivity contribution in [2.24, 2.45) is 0 Å². The Morgan fingerprint density at radius 2 is 1.96 bits per heavy atom. The van der Waals surface area contributed by atoms with Crippen molar-refractivity contribution in [2.75, 3.05) is 13.1 Å². The fraction of sp³-hybridized carbons (Fsp3) is 0.450. The summed E-state index contributed by atoms with van der Waals surface area (Å²) in [5.41, 5.74) is 1.65. The molecule has 3 rings (SSSR count). The van der Waals surface area contributed by atoms with Crippen LogP contribution >= 0.6 is 0 Å². The Hall–Kier alpha value is -2.63. The van der Waals surface area contributed by atoms with Gasteiger partial charge in [-0.05, 0) is 58.2 Å². The largest absolute Gasteiger partial charge is 0.444 e. The summed E-state index contributed by atoms with van der Waals surface area (Å²) in [6, 6.07) is 9.71. The zero-order valence-electron chi connectivity index (χ0n) is 15.6. The van der Waals surface area contributed by atoms with Gasteiger partial charge in [-0.2, -0.15) is 4.98 Å². The highest BCUT2D eigenvalue weighted by Crippen LogP contribution is 2.22. The van der Waals surface area contributed by atoms with Crippen LogP contribution in [0.25, 0.3) is 17.5 Å². The number of benzene rings is 1. The number of hydrogen-bond acceptors (Lipinski definition) is 5. The van der Waals surface area contributed by atoms with Gasteiger partial charge in [0.15, 0.2) is 5.82 Å². The van der Waals surface area contributed by atoms with Crippen LogP contribution in [0.1, 0.15) is 45.9 Å². The fourth-order valence-corrected chi connectivity index (χ4v) is 2.84. The molecule has 2 aromatic rings. The maximum Gasteiger partial charge on any atom is 0.410 e. The average Bonchev–Trinajstić information content (AvgIpc) is 2.92. The van der Waals surface area contributed by atoms with Crippen molar-refractivity contribution in [3.8, 4) is 11.5 Å². The van der Waals surface area contributed by atoms with Gasteiger partial charge < -0.3 is 14.2 Å². The molecule has 1 amide bonds. The predicted octanol–water partition coefficient (Wildman–Crippen LogP) is 4.54. The maximum atomic E-state index is 12.2. The molecule has 1 aromatic carbocycles. The van der Waals surface area contributed by atoms with E-state index in [0.29, 0.717) is 24.8 Å². The highest BCUT2D eigenvalue weighted by molar-refractivity contribution is 5.68. The van der Waals surface area contributed by atoms with Gasteiger partial charge in [0.25, 0.3) is 5.89 Å². The summed E-state index contributed by atoms with van der Waals surface area (Å²) in [7, 11) is 0. The summed E-state index contributed by atoms with van der Waals surface area (Å²) < 4.78 is 10.8. The van der Waals surface area contributed by atoms with Crippen molar-refractivity contribution in [3.05, 3.63) is 41.7 Å². The number of carbonyl (C=O) groups is 1. The monoisotopic (exact) mass is 355 g/mol. The fourth-order valence-electron chi connectivity index (χ4n) is 2.84. The van der Waals surface area contributed by atoms with Crippen LogP contribution in [0.2, 0.25) is 0 Å². The van der Waals surface area contributed by atoms with E-state index in [0.717, 1.165) is 24.8 Å². The van der Waals surface area contributed by atoms with Crippen LogP contribution in [0.4, 0.5) is 4.79 Å². The van der Waals surface area contributed by atoms with Gasteiger partial charge in [-0.1, -0.05) is 28.9 Å². The minimum atomic E-state index is -0.472. The third-order valence-electron chi connectivity index (χ3n) is 4.08. The molecule has 6 nitrogen and oxygen atoms in total. The number of hydrogen-bond donors (Lipinski definition) is 0. The van der Waals surface area contributed by atoms with Crippen molar-refractivity contribution in [2.45, 2.75) is 45.6 Å². The van der Waals surface area contributed by atoms with Gasteiger partial charge in [0.05, 0.1) is 0 Å². The quantitative estimate of drug-likeness (QED) is 0.791. The van der Waals surface area contributed by atoms with Crippen molar-refractivity contribution < 1.29 is 14.1 Å². The van der Waals surface area contributed by atoms with Crippen molar-refractivity contribution in [1.29, 1.82) is 0 Å². The molecule has 1 fully saturated rings. The second-order valence-corrected chi connectivity index (χ2v) is 7.45.